The van der Waals surface area contributed by atoms with Gasteiger partial charge in [0.1, 0.15) is 12.7 Å². The number of hydrogen-bond acceptors (Lipinski definition) is 5. The van der Waals surface area contributed by atoms with Crippen LogP contribution in [0, 0.1) is 0 Å². The minimum atomic E-state index is -2.92. The topological polar surface area (TPSA) is 67.9 Å². The van der Waals surface area contributed by atoms with Crippen LogP contribution < -0.4 is 5.32 Å². The maximum absolute atomic E-state index is 11.4. The Balaban J connectivity index is 1.81. The van der Waals surface area contributed by atoms with Crippen molar-refractivity contribution in [1.82, 2.24) is 5.32 Å². The van der Waals surface area contributed by atoms with E-state index >= 15 is 0 Å². The zero-order valence-electron chi connectivity index (χ0n) is 9.06. The first kappa shape index (κ1) is 12.1. The van der Waals surface area contributed by atoms with Gasteiger partial charge in [-0.2, -0.15) is 0 Å². The van der Waals surface area contributed by atoms with Gasteiger partial charge in [-0.05, 0) is 25.6 Å². The second kappa shape index (κ2) is 4.12. The summed E-state index contributed by atoms with van der Waals surface area (Å²) in [6.07, 6.45) is 0.721. The lowest BCUT2D eigenvalue weighted by molar-refractivity contribution is 0.240. The summed E-state index contributed by atoms with van der Waals surface area (Å²) in [6.45, 7) is 3.00. The van der Waals surface area contributed by atoms with Crippen LogP contribution in [-0.4, -0.2) is 50.0 Å². The molecule has 16 heavy (non-hydrogen) atoms. The molecule has 0 radical (unpaired) electrons. The summed E-state index contributed by atoms with van der Waals surface area (Å²) in [6, 6.07) is 0. The second-order valence-corrected chi connectivity index (χ2v) is 7.14. The number of rotatable bonds is 3. The number of hydrogen-bond donors (Lipinski definition) is 1. The van der Waals surface area contributed by atoms with E-state index in [0.29, 0.717) is 19.6 Å². The van der Waals surface area contributed by atoms with Crippen LogP contribution in [-0.2, 0) is 19.3 Å². The van der Waals surface area contributed by atoms with Gasteiger partial charge in [0.05, 0.1) is 23.7 Å². The Kier molecular flexibility index (Phi) is 3.11. The van der Waals surface area contributed by atoms with Crippen LogP contribution in [0.5, 0.6) is 0 Å². The van der Waals surface area contributed by atoms with Crippen LogP contribution in [0.2, 0.25) is 0 Å². The molecule has 0 amide bonds. The second-order valence-electron chi connectivity index (χ2n) is 4.58. The molecule has 1 N–H and O–H groups in total. The maximum atomic E-state index is 11.4. The van der Waals surface area contributed by atoms with Crippen LogP contribution in [0.25, 0.3) is 0 Å². The molecular formula is C9H15NO4S2. The molecule has 2 aliphatic rings. The van der Waals surface area contributed by atoms with Crippen LogP contribution >= 0.6 is 12.2 Å². The predicted octanol–water partition coefficient (Wildman–Crippen LogP) is -0.147. The smallest absolute Gasteiger partial charge is 0.257 e. The van der Waals surface area contributed by atoms with Crippen LogP contribution in [0.3, 0.4) is 0 Å². The highest BCUT2D eigenvalue weighted by Gasteiger charge is 2.39. The third-order valence-electron chi connectivity index (χ3n) is 2.71. The zero-order chi connectivity index (χ0) is 11.8. The summed E-state index contributed by atoms with van der Waals surface area (Å²) in [5.41, 5.74) is -0.486. The Morgan fingerprint density at radius 2 is 2.38 bits per heavy atom. The third kappa shape index (κ3) is 3.29. The molecule has 92 valence electrons. The van der Waals surface area contributed by atoms with Gasteiger partial charge in [-0.25, -0.2) is 8.42 Å². The van der Waals surface area contributed by atoms with Gasteiger partial charge in [-0.15, -0.1) is 0 Å². The van der Waals surface area contributed by atoms with E-state index in [-0.39, 0.29) is 22.8 Å². The molecule has 0 bridgehead atoms. The van der Waals surface area contributed by atoms with Crippen molar-refractivity contribution in [3.63, 3.8) is 0 Å². The van der Waals surface area contributed by atoms with Gasteiger partial charge < -0.3 is 14.8 Å². The number of epoxide rings is 1. The summed E-state index contributed by atoms with van der Waals surface area (Å²) in [5, 5.41) is 3.23. The van der Waals surface area contributed by atoms with Crippen LogP contribution in [0.15, 0.2) is 0 Å². The van der Waals surface area contributed by atoms with E-state index in [1.807, 2.05) is 6.92 Å². The highest BCUT2D eigenvalue weighted by Crippen LogP contribution is 2.23. The average molecular weight is 265 g/mol. The van der Waals surface area contributed by atoms with E-state index in [1.165, 1.54) is 0 Å². The van der Waals surface area contributed by atoms with Crippen molar-refractivity contribution in [3.05, 3.63) is 0 Å². The fourth-order valence-electron chi connectivity index (χ4n) is 1.72. The summed E-state index contributed by atoms with van der Waals surface area (Å²) in [5.74, 6) is 0.328. The first-order valence-electron chi connectivity index (χ1n) is 5.16. The molecule has 2 fully saturated rings. The minimum absolute atomic E-state index is 0.115. The number of sulfone groups is 1. The van der Waals surface area contributed by atoms with Crippen molar-refractivity contribution in [1.29, 1.82) is 0 Å². The molecule has 2 saturated heterocycles. The van der Waals surface area contributed by atoms with Crippen molar-refractivity contribution in [2.75, 3.05) is 24.7 Å². The molecule has 0 spiro atoms. The summed E-state index contributed by atoms with van der Waals surface area (Å²) >= 11 is 5.00. The fourth-order valence-corrected chi connectivity index (χ4v) is 4.13. The minimum Gasteiger partial charge on any atom is -0.468 e. The summed E-state index contributed by atoms with van der Waals surface area (Å²) < 4.78 is 33.0. The number of ether oxygens (including phenoxy) is 2. The molecule has 2 aliphatic heterocycles. The predicted molar refractivity (Wildman–Crippen MR) is 63.1 cm³/mol. The average Bonchev–Trinajstić information content (AvgIpc) is 2.90. The molecule has 2 heterocycles. The van der Waals surface area contributed by atoms with Gasteiger partial charge in [-0.3, -0.25) is 0 Å². The molecule has 0 aliphatic carbocycles. The largest absolute Gasteiger partial charge is 0.468 e. The summed E-state index contributed by atoms with van der Waals surface area (Å²) in [4.78, 5) is 0. The Morgan fingerprint density at radius 3 is 2.88 bits per heavy atom. The molecule has 2 atom stereocenters. The van der Waals surface area contributed by atoms with Crippen LogP contribution in [0.1, 0.15) is 13.3 Å². The van der Waals surface area contributed by atoms with Crippen molar-refractivity contribution in [3.8, 4) is 0 Å². The Morgan fingerprint density at radius 1 is 1.69 bits per heavy atom. The van der Waals surface area contributed by atoms with E-state index in [2.05, 4.69) is 5.32 Å². The Labute approximate surface area is 100 Å². The van der Waals surface area contributed by atoms with E-state index < -0.39 is 15.4 Å². The lowest BCUT2D eigenvalue weighted by Gasteiger charge is -2.24. The van der Waals surface area contributed by atoms with Gasteiger partial charge in [0.25, 0.3) is 5.17 Å². The molecule has 0 aromatic carbocycles. The van der Waals surface area contributed by atoms with Gasteiger partial charge in [0.2, 0.25) is 0 Å². The lowest BCUT2D eigenvalue weighted by atomic mass is 10.0. The Bertz CT molecular complexity index is 390. The SMILES string of the molecule is C[C@@]1(NC(=S)OC[C@@H]2CO2)CCS(=O)(=O)C1. The third-order valence-corrected chi connectivity index (χ3v) is 4.83. The maximum Gasteiger partial charge on any atom is 0.257 e. The lowest BCUT2D eigenvalue weighted by Crippen LogP contribution is -2.47. The molecule has 0 unspecified atom stereocenters. The fraction of sp³-hybridized carbons (Fsp3) is 0.889. The molecular weight excluding hydrogens is 250 g/mol. The van der Waals surface area contributed by atoms with Crippen LogP contribution in [0.4, 0.5) is 0 Å². The zero-order valence-corrected chi connectivity index (χ0v) is 10.7. The molecule has 5 nitrogen and oxygen atoms in total. The molecule has 0 aromatic heterocycles. The monoisotopic (exact) mass is 265 g/mol. The quantitative estimate of drug-likeness (QED) is 0.565. The van der Waals surface area contributed by atoms with Crippen molar-refractivity contribution in [2.24, 2.45) is 0 Å². The van der Waals surface area contributed by atoms with E-state index in [4.69, 9.17) is 21.7 Å². The first-order chi connectivity index (χ1) is 7.39. The van der Waals surface area contributed by atoms with Gasteiger partial charge >= 0.3 is 0 Å². The van der Waals surface area contributed by atoms with Crippen molar-refractivity contribution >= 4 is 27.2 Å². The number of nitrogens with one attached hydrogen (secondary N) is 1. The molecule has 2 rings (SSSR count). The first-order valence-corrected chi connectivity index (χ1v) is 7.39. The van der Waals surface area contributed by atoms with Gasteiger partial charge in [-0.1, -0.05) is 0 Å². The highest BCUT2D eigenvalue weighted by atomic mass is 32.2. The van der Waals surface area contributed by atoms with E-state index in [9.17, 15) is 8.42 Å². The molecule has 0 aromatic rings. The van der Waals surface area contributed by atoms with Crippen molar-refractivity contribution in [2.45, 2.75) is 25.0 Å². The van der Waals surface area contributed by atoms with Gasteiger partial charge in [0, 0.05) is 0 Å². The van der Waals surface area contributed by atoms with Crippen molar-refractivity contribution < 1.29 is 17.9 Å². The normalized spacial score (nSPS) is 35.7. The highest BCUT2D eigenvalue weighted by molar-refractivity contribution is 7.91. The summed E-state index contributed by atoms with van der Waals surface area (Å²) in [7, 11) is -2.92. The van der Waals surface area contributed by atoms with E-state index in [1.54, 1.807) is 0 Å². The molecule has 0 saturated carbocycles. The Hall–Kier alpha value is -0.400. The number of thiocarbonyl (C=S) groups is 1. The standard InChI is InChI=1S/C9H15NO4S2/c1-9(2-3-16(11,12)6-9)10-8(15)14-5-7-4-13-7/h7H,2-6H2,1H3,(H,10,15)/t7-,9+/m0/s1. The van der Waals surface area contributed by atoms with E-state index in [0.717, 1.165) is 0 Å². The molecule has 7 heteroatoms. The van der Waals surface area contributed by atoms with Gasteiger partial charge in [0.15, 0.2) is 9.84 Å².